The van der Waals surface area contributed by atoms with Crippen LogP contribution in [0.1, 0.15) is 24.9 Å². The van der Waals surface area contributed by atoms with Gasteiger partial charge in [0.2, 0.25) is 0 Å². The number of aromatic hydroxyl groups is 1. The van der Waals surface area contributed by atoms with Crippen LogP contribution in [0.15, 0.2) is 18.2 Å². The maximum absolute atomic E-state index is 11.3. The maximum Gasteiger partial charge on any atom is 0.307 e. The number of rotatable bonds is 5. The summed E-state index contributed by atoms with van der Waals surface area (Å²) in [5.74, 6) is 0.0356. The second-order valence-electron chi connectivity index (χ2n) is 3.55. The van der Waals surface area contributed by atoms with Gasteiger partial charge in [0.15, 0.2) is 11.5 Å². The smallest absolute Gasteiger partial charge is 0.307 e. The summed E-state index contributed by atoms with van der Waals surface area (Å²) in [7, 11) is 1.45. The lowest BCUT2D eigenvalue weighted by Crippen LogP contribution is -2.17. The summed E-state index contributed by atoms with van der Waals surface area (Å²) in [5.41, 5.74) is 6.58. The molecule has 0 bridgehead atoms. The van der Waals surface area contributed by atoms with E-state index in [-0.39, 0.29) is 18.1 Å². The van der Waals surface area contributed by atoms with Crippen LogP contribution < -0.4 is 10.5 Å². The second-order valence-corrected chi connectivity index (χ2v) is 3.55. The van der Waals surface area contributed by atoms with Gasteiger partial charge in [-0.05, 0) is 24.6 Å². The molecule has 1 rings (SSSR count). The SMILES string of the molecule is CCOC(=O)C[C@@H](N)c1ccc(O)c(OC)c1. The molecule has 0 aliphatic heterocycles. The standard InChI is InChI=1S/C12H17NO4/c1-3-17-12(15)7-9(13)8-4-5-10(14)11(6-8)16-2/h4-6,9,14H,3,7,13H2,1-2H3/t9-/m1/s1. The molecule has 3 N–H and O–H groups in total. The molecular formula is C12H17NO4. The Morgan fingerprint density at radius 3 is 2.82 bits per heavy atom. The van der Waals surface area contributed by atoms with E-state index in [2.05, 4.69) is 0 Å². The Balaban J connectivity index is 2.75. The van der Waals surface area contributed by atoms with Crippen LogP contribution in [-0.2, 0) is 9.53 Å². The summed E-state index contributed by atoms with van der Waals surface area (Å²) in [5, 5.41) is 9.43. The normalized spacial score (nSPS) is 11.9. The van der Waals surface area contributed by atoms with Crippen molar-refractivity contribution < 1.29 is 19.4 Å². The first-order valence-corrected chi connectivity index (χ1v) is 5.36. The number of ether oxygens (including phenoxy) is 2. The predicted molar refractivity (Wildman–Crippen MR) is 62.8 cm³/mol. The number of carbonyl (C=O) groups excluding carboxylic acids is 1. The van der Waals surface area contributed by atoms with Crippen LogP contribution in [0.2, 0.25) is 0 Å². The van der Waals surface area contributed by atoms with E-state index < -0.39 is 6.04 Å². The van der Waals surface area contributed by atoms with Crippen molar-refractivity contribution >= 4 is 5.97 Å². The Kier molecular flexibility index (Phi) is 4.78. The lowest BCUT2D eigenvalue weighted by Gasteiger charge is -2.13. The summed E-state index contributed by atoms with van der Waals surface area (Å²) in [6, 6.07) is 4.28. The summed E-state index contributed by atoms with van der Waals surface area (Å²) >= 11 is 0. The molecule has 0 aliphatic rings. The van der Waals surface area contributed by atoms with E-state index in [1.807, 2.05) is 0 Å². The maximum atomic E-state index is 11.3. The van der Waals surface area contributed by atoms with Crippen LogP contribution in [0.25, 0.3) is 0 Å². The first-order valence-electron chi connectivity index (χ1n) is 5.36. The number of esters is 1. The van der Waals surface area contributed by atoms with Crippen molar-refractivity contribution in [2.75, 3.05) is 13.7 Å². The number of hydrogen-bond donors (Lipinski definition) is 2. The molecule has 1 atom stereocenters. The van der Waals surface area contributed by atoms with Gasteiger partial charge in [0.1, 0.15) is 0 Å². The highest BCUT2D eigenvalue weighted by molar-refractivity contribution is 5.70. The van der Waals surface area contributed by atoms with Gasteiger partial charge in [-0.3, -0.25) is 4.79 Å². The average Bonchev–Trinajstić information content (AvgIpc) is 2.29. The Bertz CT molecular complexity index is 392. The zero-order chi connectivity index (χ0) is 12.8. The largest absolute Gasteiger partial charge is 0.504 e. The first-order chi connectivity index (χ1) is 8.08. The molecule has 0 aliphatic carbocycles. The zero-order valence-electron chi connectivity index (χ0n) is 9.97. The van der Waals surface area contributed by atoms with E-state index in [4.69, 9.17) is 15.2 Å². The number of phenolic OH excluding ortho intramolecular Hbond substituents is 1. The van der Waals surface area contributed by atoms with Crippen molar-refractivity contribution in [2.45, 2.75) is 19.4 Å². The van der Waals surface area contributed by atoms with Crippen molar-refractivity contribution in [3.63, 3.8) is 0 Å². The molecule has 5 nitrogen and oxygen atoms in total. The third-order valence-electron chi connectivity index (χ3n) is 2.32. The molecule has 1 aromatic carbocycles. The van der Waals surface area contributed by atoms with Gasteiger partial charge < -0.3 is 20.3 Å². The highest BCUT2D eigenvalue weighted by atomic mass is 16.5. The van der Waals surface area contributed by atoms with E-state index in [0.29, 0.717) is 17.9 Å². The zero-order valence-corrected chi connectivity index (χ0v) is 9.97. The van der Waals surface area contributed by atoms with E-state index in [9.17, 15) is 9.90 Å². The molecule has 1 aromatic rings. The van der Waals surface area contributed by atoms with Gasteiger partial charge in [-0.25, -0.2) is 0 Å². The molecule has 0 unspecified atom stereocenters. The van der Waals surface area contributed by atoms with Crippen molar-refractivity contribution in [1.29, 1.82) is 0 Å². The van der Waals surface area contributed by atoms with E-state index in [1.54, 1.807) is 19.1 Å². The van der Waals surface area contributed by atoms with Crippen molar-refractivity contribution in [3.8, 4) is 11.5 Å². The molecule has 0 amide bonds. The molecule has 5 heteroatoms. The molecule has 0 saturated carbocycles. The second kappa shape index (κ2) is 6.10. The third-order valence-corrected chi connectivity index (χ3v) is 2.32. The minimum atomic E-state index is -0.469. The lowest BCUT2D eigenvalue weighted by atomic mass is 10.0. The summed E-state index contributed by atoms with van der Waals surface area (Å²) in [4.78, 5) is 11.3. The molecule has 94 valence electrons. The topological polar surface area (TPSA) is 81.8 Å². The molecule has 0 saturated heterocycles. The third kappa shape index (κ3) is 3.64. The van der Waals surface area contributed by atoms with Crippen molar-refractivity contribution in [1.82, 2.24) is 0 Å². The van der Waals surface area contributed by atoms with E-state index in [0.717, 1.165) is 0 Å². The first kappa shape index (κ1) is 13.3. The molecule has 0 aromatic heterocycles. The van der Waals surface area contributed by atoms with Crippen molar-refractivity contribution in [2.24, 2.45) is 5.73 Å². The summed E-state index contributed by atoms with van der Waals surface area (Å²) < 4.78 is 9.78. The highest BCUT2D eigenvalue weighted by Crippen LogP contribution is 2.29. The molecule has 17 heavy (non-hydrogen) atoms. The number of methoxy groups -OCH3 is 1. The number of hydrogen-bond acceptors (Lipinski definition) is 5. The predicted octanol–water partition coefficient (Wildman–Crippen LogP) is 1.35. The van der Waals surface area contributed by atoms with Crippen LogP contribution in [0.3, 0.4) is 0 Å². The van der Waals surface area contributed by atoms with Crippen LogP contribution in [-0.4, -0.2) is 24.8 Å². The van der Waals surface area contributed by atoms with Gasteiger partial charge in [-0.15, -0.1) is 0 Å². The van der Waals surface area contributed by atoms with Gasteiger partial charge in [-0.1, -0.05) is 6.07 Å². The monoisotopic (exact) mass is 239 g/mol. The van der Waals surface area contributed by atoms with Crippen molar-refractivity contribution in [3.05, 3.63) is 23.8 Å². The molecule has 0 spiro atoms. The fourth-order valence-electron chi connectivity index (χ4n) is 1.44. The molecular weight excluding hydrogens is 222 g/mol. The van der Waals surface area contributed by atoms with Gasteiger partial charge in [0, 0.05) is 6.04 Å². The highest BCUT2D eigenvalue weighted by Gasteiger charge is 2.14. The fraction of sp³-hybridized carbons (Fsp3) is 0.417. The van der Waals surface area contributed by atoms with Gasteiger partial charge >= 0.3 is 5.97 Å². The molecule has 0 radical (unpaired) electrons. The summed E-state index contributed by atoms with van der Waals surface area (Å²) in [6.45, 7) is 2.08. The van der Waals surface area contributed by atoms with Gasteiger partial charge in [0.25, 0.3) is 0 Å². The van der Waals surface area contributed by atoms with Gasteiger partial charge in [0.05, 0.1) is 20.1 Å². The van der Waals surface area contributed by atoms with Crippen LogP contribution >= 0.6 is 0 Å². The van der Waals surface area contributed by atoms with E-state index >= 15 is 0 Å². The average molecular weight is 239 g/mol. The van der Waals surface area contributed by atoms with Crippen LogP contribution in [0, 0.1) is 0 Å². The number of phenols is 1. The Morgan fingerprint density at radius 2 is 2.24 bits per heavy atom. The number of carbonyl (C=O) groups is 1. The Morgan fingerprint density at radius 1 is 1.53 bits per heavy atom. The van der Waals surface area contributed by atoms with E-state index in [1.165, 1.54) is 13.2 Å². The number of benzene rings is 1. The van der Waals surface area contributed by atoms with Gasteiger partial charge in [-0.2, -0.15) is 0 Å². The molecule has 0 heterocycles. The Hall–Kier alpha value is -1.75. The Labute approximate surface area is 100 Å². The number of nitrogens with two attached hydrogens (primary N) is 1. The minimum Gasteiger partial charge on any atom is -0.504 e. The van der Waals surface area contributed by atoms with Crippen LogP contribution in [0.5, 0.6) is 11.5 Å². The summed E-state index contributed by atoms with van der Waals surface area (Å²) in [6.07, 6.45) is 0.0990. The quantitative estimate of drug-likeness (QED) is 0.758. The molecule has 0 fully saturated rings. The van der Waals surface area contributed by atoms with Crippen LogP contribution in [0.4, 0.5) is 0 Å². The fourth-order valence-corrected chi connectivity index (χ4v) is 1.44. The lowest BCUT2D eigenvalue weighted by molar-refractivity contribution is -0.143. The minimum absolute atomic E-state index is 0.0413.